The quantitative estimate of drug-likeness (QED) is 0.759. The maximum absolute atomic E-state index is 4.32. The number of benzene rings is 2. The number of rotatable bonds is 3. The van der Waals surface area contributed by atoms with Gasteiger partial charge in [-0.05, 0) is 36.8 Å². The monoisotopic (exact) mass is 261 g/mol. The second-order valence-electron chi connectivity index (χ2n) is 4.49. The Labute approximate surface area is 118 Å². The van der Waals surface area contributed by atoms with Crippen molar-refractivity contribution in [3.63, 3.8) is 0 Å². The van der Waals surface area contributed by atoms with Crippen molar-refractivity contribution in [3.8, 4) is 0 Å². The van der Waals surface area contributed by atoms with Crippen LogP contribution in [0.25, 0.3) is 17.0 Å². The van der Waals surface area contributed by atoms with Gasteiger partial charge in [0.2, 0.25) is 0 Å². The van der Waals surface area contributed by atoms with Gasteiger partial charge in [-0.25, -0.2) is 9.97 Å². The Morgan fingerprint density at radius 3 is 2.55 bits per heavy atom. The van der Waals surface area contributed by atoms with Gasteiger partial charge < -0.3 is 5.32 Å². The molecule has 0 saturated carbocycles. The van der Waals surface area contributed by atoms with Gasteiger partial charge in [-0.2, -0.15) is 0 Å². The van der Waals surface area contributed by atoms with E-state index >= 15 is 0 Å². The molecule has 20 heavy (non-hydrogen) atoms. The van der Waals surface area contributed by atoms with E-state index in [0.29, 0.717) is 0 Å². The number of fused-ring (bicyclic) bond motifs is 1. The summed E-state index contributed by atoms with van der Waals surface area (Å²) in [6.07, 6.45) is 5.68. The molecule has 3 nitrogen and oxygen atoms in total. The Kier molecular flexibility index (Phi) is 3.42. The normalized spacial score (nSPS) is 11.1. The van der Waals surface area contributed by atoms with Gasteiger partial charge in [-0.15, -0.1) is 0 Å². The molecule has 0 atom stereocenters. The molecule has 2 aromatic carbocycles. The first-order valence-corrected chi connectivity index (χ1v) is 6.56. The molecule has 1 heterocycles. The highest BCUT2D eigenvalue weighted by Crippen LogP contribution is 2.22. The van der Waals surface area contributed by atoms with Crippen LogP contribution in [0.5, 0.6) is 0 Å². The first-order valence-electron chi connectivity index (χ1n) is 6.56. The van der Waals surface area contributed by atoms with Gasteiger partial charge in [0.1, 0.15) is 12.1 Å². The molecule has 0 bridgehead atoms. The summed E-state index contributed by atoms with van der Waals surface area (Å²) in [6.45, 7) is 2.01. The number of nitrogens with one attached hydrogen (secondary N) is 1. The number of allylic oxidation sites excluding steroid dienone is 1. The van der Waals surface area contributed by atoms with E-state index < -0.39 is 0 Å². The van der Waals surface area contributed by atoms with Crippen molar-refractivity contribution < 1.29 is 0 Å². The first-order chi connectivity index (χ1) is 9.86. The van der Waals surface area contributed by atoms with Crippen molar-refractivity contribution in [2.45, 2.75) is 6.92 Å². The van der Waals surface area contributed by atoms with Crippen molar-refractivity contribution in [1.29, 1.82) is 0 Å². The van der Waals surface area contributed by atoms with E-state index in [4.69, 9.17) is 0 Å². The fourth-order valence-electron chi connectivity index (χ4n) is 2.11. The minimum absolute atomic E-state index is 0.828. The lowest BCUT2D eigenvalue weighted by Gasteiger charge is -2.08. The minimum atomic E-state index is 0.828. The summed E-state index contributed by atoms with van der Waals surface area (Å²) < 4.78 is 0. The van der Waals surface area contributed by atoms with E-state index in [0.717, 1.165) is 22.4 Å². The topological polar surface area (TPSA) is 37.8 Å². The van der Waals surface area contributed by atoms with Gasteiger partial charge in [-0.3, -0.25) is 0 Å². The number of anilines is 2. The molecule has 98 valence electrons. The largest absolute Gasteiger partial charge is 0.340 e. The summed E-state index contributed by atoms with van der Waals surface area (Å²) >= 11 is 0. The molecule has 0 aliphatic carbocycles. The van der Waals surface area contributed by atoms with E-state index in [-0.39, 0.29) is 0 Å². The highest BCUT2D eigenvalue weighted by atomic mass is 15.0. The summed E-state index contributed by atoms with van der Waals surface area (Å²) in [5.41, 5.74) is 3.14. The molecule has 0 aliphatic heterocycles. The van der Waals surface area contributed by atoms with E-state index in [1.165, 1.54) is 5.56 Å². The van der Waals surface area contributed by atoms with E-state index in [1.54, 1.807) is 6.33 Å². The molecule has 1 aromatic heterocycles. The number of aromatic nitrogens is 2. The van der Waals surface area contributed by atoms with Crippen LogP contribution in [0.2, 0.25) is 0 Å². The van der Waals surface area contributed by atoms with Crippen LogP contribution in [0, 0.1) is 0 Å². The Morgan fingerprint density at radius 1 is 0.950 bits per heavy atom. The third kappa shape index (κ3) is 2.52. The third-order valence-corrected chi connectivity index (χ3v) is 3.08. The minimum Gasteiger partial charge on any atom is -0.340 e. The lowest BCUT2D eigenvalue weighted by atomic mass is 10.2. The van der Waals surface area contributed by atoms with Crippen molar-refractivity contribution in [2.75, 3.05) is 5.32 Å². The Hall–Kier alpha value is -2.68. The van der Waals surface area contributed by atoms with Crippen LogP contribution in [0.3, 0.4) is 0 Å². The highest BCUT2D eigenvalue weighted by Gasteiger charge is 2.02. The fraction of sp³-hybridized carbons (Fsp3) is 0.0588. The number of para-hydroxylation sites is 1. The van der Waals surface area contributed by atoms with Gasteiger partial charge in [0, 0.05) is 11.1 Å². The number of nitrogens with zero attached hydrogens (tertiary/aromatic N) is 2. The van der Waals surface area contributed by atoms with Crippen LogP contribution in [0.1, 0.15) is 12.5 Å². The van der Waals surface area contributed by atoms with E-state index in [2.05, 4.69) is 33.5 Å². The first kappa shape index (κ1) is 12.4. The summed E-state index contributed by atoms with van der Waals surface area (Å²) in [5, 5.41) is 4.36. The van der Waals surface area contributed by atoms with Crippen LogP contribution in [0.4, 0.5) is 11.5 Å². The second kappa shape index (κ2) is 5.53. The molecule has 0 saturated heterocycles. The fourth-order valence-corrected chi connectivity index (χ4v) is 2.11. The summed E-state index contributed by atoms with van der Waals surface area (Å²) in [7, 11) is 0. The predicted octanol–water partition coefficient (Wildman–Crippen LogP) is 4.41. The maximum atomic E-state index is 4.32. The smallest absolute Gasteiger partial charge is 0.141 e. The Bertz CT molecular complexity index is 740. The van der Waals surface area contributed by atoms with Crippen molar-refractivity contribution >= 4 is 28.5 Å². The van der Waals surface area contributed by atoms with Crippen LogP contribution >= 0.6 is 0 Å². The molecule has 0 aliphatic rings. The van der Waals surface area contributed by atoms with Gasteiger partial charge in [0.25, 0.3) is 0 Å². The molecule has 0 amide bonds. The van der Waals surface area contributed by atoms with Crippen molar-refractivity contribution in [1.82, 2.24) is 9.97 Å². The van der Waals surface area contributed by atoms with Gasteiger partial charge in [0.05, 0.1) is 5.52 Å². The average Bonchev–Trinajstić information content (AvgIpc) is 2.50. The Balaban J connectivity index is 1.93. The molecule has 0 radical (unpaired) electrons. The van der Waals surface area contributed by atoms with Crippen LogP contribution in [-0.2, 0) is 0 Å². The van der Waals surface area contributed by atoms with Crippen molar-refractivity contribution in [2.24, 2.45) is 0 Å². The lowest BCUT2D eigenvalue weighted by molar-refractivity contribution is 1.22. The van der Waals surface area contributed by atoms with Crippen LogP contribution in [-0.4, -0.2) is 9.97 Å². The molecule has 0 fully saturated rings. The molecular formula is C17H15N3. The zero-order valence-electron chi connectivity index (χ0n) is 11.2. The zero-order chi connectivity index (χ0) is 13.8. The summed E-state index contributed by atoms with van der Waals surface area (Å²) in [4.78, 5) is 8.59. The van der Waals surface area contributed by atoms with E-state index in [1.807, 2.05) is 49.4 Å². The number of hydrogen-bond acceptors (Lipinski definition) is 3. The molecule has 3 aromatic rings. The predicted molar refractivity (Wildman–Crippen MR) is 84.0 cm³/mol. The highest BCUT2D eigenvalue weighted by molar-refractivity contribution is 5.90. The molecule has 0 unspecified atom stereocenters. The zero-order valence-corrected chi connectivity index (χ0v) is 11.2. The maximum Gasteiger partial charge on any atom is 0.141 e. The Morgan fingerprint density at radius 2 is 1.75 bits per heavy atom. The van der Waals surface area contributed by atoms with Crippen LogP contribution < -0.4 is 5.32 Å². The van der Waals surface area contributed by atoms with Gasteiger partial charge >= 0.3 is 0 Å². The molecule has 1 N–H and O–H groups in total. The third-order valence-electron chi connectivity index (χ3n) is 3.08. The number of hydrogen-bond donors (Lipinski definition) is 1. The lowest BCUT2D eigenvalue weighted by Crippen LogP contribution is -1.95. The van der Waals surface area contributed by atoms with Gasteiger partial charge in [-0.1, -0.05) is 36.4 Å². The molecule has 3 heteroatoms. The van der Waals surface area contributed by atoms with E-state index in [9.17, 15) is 0 Å². The van der Waals surface area contributed by atoms with Gasteiger partial charge in [0.15, 0.2) is 0 Å². The van der Waals surface area contributed by atoms with Crippen molar-refractivity contribution in [3.05, 3.63) is 66.5 Å². The SMILES string of the molecule is C/C=C/c1ccc(Nc2ncnc3ccccc23)cc1. The standard InChI is InChI=1S/C17H15N3/c1-2-5-13-8-10-14(11-9-13)20-17-15-6-3-4-7-16(15)18-12-19-17/h2-12H,1H3,(H,18,19,20)/b5-2+. The molecule has 0 spiro atoms. The molecule has 3 rings (SSSR count). The van der Waals surface area contributed by atoms with Crippen LogP contribution in [0.15, 0.2) is 60.9 Å². The average molecular weight is 261 g/mol. The molecular weight excluding hydrogens is 246 g/mol. The summed E-state index contributed by atoms with van der Waals surface area (Å²) in [5.74, 6) is 0.828. The second-order valence-corrected chi connectivity index (χ2v) is 4.49. The summed E-state index contributed by atoms with van der Waals surface area (Å²) in [6, 6.07) is 16.2.